The summed E-state index contributed by atoms with van der Waals surface area (Å²) in [6.45, 7) is 0. The first-order chi connectivity index (χ1) is 13.7. The van der Waals surface area contributed by atoms with E-state index in [1.54, 1.807) is 23.6 Å². The average Bonchev–Trinajstić information content (AvgIpc) is 3.16. The molecule has 0 radical (unpaired) electrons. The molecule has 0 unspecified atom stereocenters. The van der Waals surface area contributed by atoms with Gasteiger partial charge in [0.25, 0.3) is 0 Å². The van der Waals surface area contributed by atoms with E-state index in [0.717, 1.165) is 39.2 Å². The van der Waals surface area contributed by atoms with E-state index in [1.807, 2.05) is 24.3 Å². The summed E-state index contributed by atoms with van der Waals surface area (Å²) < 4.78 is 0. The molecule has 3 nitrogen and oxygen atoms in total. The van der Waals surface area contributed by atoms with Crippen molar-refractivity contribution in [3.8, 4) is 5.75 Å². The number of rotatable bonds is 3. The third-order valence-corrected chi connectivity index (χ3v) is 8.07. The van der Waals surface area contributed by atoms with Crippen molar-refractivity contribution in [1.29, 1.82) is 0 Å². The van der Waals surface area contributed by atoms with Crippen LogP contribution in [0.15, 0.2) is 46.8 Å². The number of hydrogen-bond donors (Lipinski definition) is 1. The van der Waals surface area contributed by atoms with Crippen molar-refractivity contribution < 1.29 is 5.11 Å². The number of aromatic hydroxyl groups is 1. The van der Waals surface area contributed by atoms with E-state index in [-0.39, 0.29) is 5.75 Å². The lowest BCUT2D eigenvalue weighted by Gasteiger charge is -2.56. The van der Waals surface area contributed by atoms with Crippen LogP contribution >= 0.6 is 11.3 Å². The van der Waals surface area contributed by atoms with Gasteiger partial charge in [-0.05, 0) is 73.1 Å². The molecule has 4 aliphatic rings. The van der Waals surface area contributed by atoms with Crippen LogP contribution < -0.4 is 0 Å². The van der Waals surface area contributed by atoms with Crippen LogP contribution in [-0.2, 0) is 5.41 Å². The van der Waals surface area contributed by atoms with Gasteiger partial charge >= 0.3 is 0 Å². The molecular weight excluding hydrogens is 364 g/mol. The molecular formula is C24H24N2OS. The second-order valence-corrected chi connectivity index (χ2v) is 10.0. The van der Waals surface area contributed by atoms with Crippen molar-refractivity contribution >= 4 is 33.5 Å². The summed E-state index contributed by atoms with van der Waals surface area (Å²) in [5.74, 6) is 3.04. The fourth-order valence-electron chi connectivity index (χ4n) is 6.53. The summed E-state index contributed by atoms with van der Waals surface area (Å²) >= 11 is 1.64. The van der Waals surface area contributed by atoms with Crippen molar-refractivity contribution in [2.45, 2.75) is 43.9 Å². The molecule has 1 aromatic heterocycles. The number of aromatic nitrogens is 1. The number of hydrogen-bond acceptors (Lipinski definition) is 4. The van der Waals surface area contributed by atoms with E-state index >= 15 is 0 Å². The van der Waals surface area contributed by atoms with Gasteiger partial charge in [0.05, 0.1) is 5.69 Å². The van der Waals surface area contributed by atoms with E-state index < -0.39 is 0 Å². The molecule has 4 heteroatoms. The van der Waals surface area contributed by atoms with Crippen LogP contribution in [0, 0.1) is 17.8 Å². The molecule has 1 heterocycles. The van der Waals surface area contributed by atoms with Crippen molar-refractivity contribution in [3.05, 3.63) is 53.0 Å². The third kappa shape index (κ3) is 2.61. The van der Waals surface area contributed by atoms with Crippen LogP contribution in [0.5, 0.6) is 5.75 Å². The maximum atomic E-state index is 10.3. The second kappa shape index (κ2) is 6.15. The normalized spacial score (nSPS) is 31.2. The van der Waals surface area contributed by atoms with E-state index in [1.165, 1.54) is 44.2 Å². The van der Waals surface area contributed by atoms with Crippen molar-refractivity contribution in [2.24, 2.45) is 22.7 Å². The van der Waals surface area contributed by atoms with E-state index in [9.17, 15) is 5.11 Å². The Balaban J connectivity index is 1.32. The number of thiazole rings is 1. The highest BCUT2D eigenvalue weighted by Crippen LogP contribution is 2.60. The highest BCUT2D eigenvalue weighted by atomic mass is 32.1. The maximum Gasteiger partial charge on any atom is 0.209 e. The zero-order valence-corrected chi connectivity index (χ0v) is 16.7. The van der Waals surface area contributed by atoms with Crippen LogP contribution in [0.25, 0.3) is 10.8 Å². The molecule has 4 fully saturated rings. The summed E-state index contributed by atoms with van der Waals surface area (Å²) in [4.78, 5) is 9.62. The van der Waals surface area contributed by atoms with Crippen molar-refractivity contribution in [3.63, 3.8) is 0 Å². The predicted octanol–water partition coefficient (Wildman–Crippen LogP) is 6.22. The Morgan fingerprint density at radius 2 is 1.71 bits per heavy atom. The number of benzene rings is 2. The van der Waals surface area contributed by atoms with Gasteiger partial charge in [-0.25, -0.2) is 9.98 Å². The van der Waals surface area contributed by atoms with Crippen LogP contribution in [-0.4, -0.2) is 16.3 Å². The molecule has 3 aromatic rings. The molecule has 0 aliphatic heterocycles. The minimum Gasteiger partial charge on any atom is -0.507 e. The molecule has 1 N–H and O–H groups in total. The number of nitrogens with zero attached hydrogens (tertiary/aromatic N) is 2. The zero-order chi connectivity index (χ0) is 18.7. The van der Waals surface area contributed by atoms with Crippen LogP contribution in [0.1, 0.15) is 49.8 Å². The summed E-state index contributed by atoms with van der Waals surface area (Å²) in [6.07, 6.45) is 10.1. The molecule has 2 aromatic carbocycles. The first kappa shape index (κ1) is 16.7. The SMILES string of the molecule is Oc1ccc2ccccc2c1/C=N\c1nc(C23CC4CC(CC(C4)C2)C3)cs1. The smallest absolute Gasteiger partial charge is 0.209 e. The monoisotopic (exact) mass is 388 g/mol. The largest absolute Gasteiger partial charge is 0.507 e. The summed E-state index contributed by atoms with van der Waals surface area (Å²) in [7, 11) is 0. The number of phenolic OH excluding ortho intramolecular Hbond substituents is 1. The van der Waals surface area contributed by atoms with Gasteiger partial charge < -0.3 is 5.11 Å². The molecule has 0 amide bonds. The summed E-state index contributed by atoms with van der Waals surface area (Å²) in [5.41, 5.74) is 2.37. The molecule has 0 spiro atoms. The number of aliphatic imine (C=N–C) groups is 1. The molecule has 4 saturated carbocycles. The highest BCUT2D eigenvalue weighted by Gasteiger charge is 2.52. The van der Waals surface area contributed by atoms with Gasteiger partial charge in [-0.2, -0.15) is 0 Å². The molecule has 4 aliphatic carbocycles. The Morgan fingerprint density at radius 1 is 1.00 bits per heavy atom. The minimum atomic E-state index is 0.264. The van der Waals surface area contributed by atoms with Gasteiger partial charge in [-0.3, -0.25) is 0 Å². The van der Waals surface area contributed by atoms with Crippen LogP contribution in [0.4, 0.5) is 5.13 Å². The Kier molecular flexibility index (Phi) is 3.67. The van der Waals surface area contributed by atoms with Gasteiger partial charge in [-0.1, -0.05) is 30.3 Å². The number of fused-ring (bicyclic) bond motifs is 1. The highest BCUT2D eigenvalue weighted by molar-refractivity contribution is 7.13. The molecule has 4 bridgehead atoms. The fraction of sp³-hybridized carbons (Fsp3) is 0.417. The van der Waals surface area contributed by atoms with Gasteiger partial charge in [0.15, 0.2) is 0 Å². The summed E-state index contributed by atoms with van der Waals surface area (Å²) in [6, 6.07) is 11.8. The standard InChI is InChI=1S/C24H24N2OS/c27-21-6-5-18-3-1-2-4-19(18)20(21)13-25-23-26-22(14-28-23)24-10-15-7-16(11-24)9-17(8-15)12-24/h1-6,13-17,27H,7-12H2/b25-13-. The van der Waals surface area contributed by atoms with Gasteiger partial charge in [0.2, 0.25) is 5.13 Å². The average molecular weight is 389 g/mol. The topological polar surface area (TPSA) is 45.5 Å². The first-order valence-electron chi connectivity index (χ1n) is 10.4. The van der Waals surface area contributed by atoms with E-state index in [2.05, 4.69) is 16.4 Å². The molecule has 7 rings (SSSR count). The molecule has 0 saturated heterocycles. The van der Waals surface area contributed by atoms with Crippen molar-refractivity contribution in [2.75, 3.05) is 0 Å². The van der Waals surface area contributed by atoms with Gasteiger partial charge in [0.1, 0.15) is 5.75 Å². The molecule has 142 valence electrons. The second-order valence-electron chi connectivity index (χ2n) is 9.19. The minimum absolute atomic E-state index is 0.264. The molecule has 28 heavy (non-hydrogen) atoms. The molecule has 0 atom stereocenters. The lowest BCUT2D eigenvalue weighted by Crippen LogP contribution is -2.48. The lowest BCUT2D eigenvalue weighted by molar-refractivity contribution is -0.00689. The number of phenols is 1. The third-order valence-electron chi connectivity index (χ3n) is 7.33. The predicted molar refractivity (Wildman–Crippen MR) is 115 cm³/mol. The van der Waals surface area contributed by atoms with E-state index in [4.69, 9.17) is 4.98 Å². The quantitative estimate of drug-likeness (QED) is 0.541. The zero-order valence-electron chi connectivity index (χ0n) is 15.8. The van der Waals surface area contributed by atoms with Gasteiger partial charge in [0, 0.05) is 22.6 Å². The fourth-order valence-corrected chi connectivity index (χ4v) is 7.32. The van der Waals surface area contributed by atoms with Crippen LogP contribution in [0.2, 0.25) is 0 Å². The first-order valence-corrected chi connectivity index (χ1v) is 11.3. The van der Waals surface area contributed by atoms with Gasteiger partial charge in [-0.15, -0.1) is 11.3 Å². The van der Waals surface area contributed by atoms with E-state index in [0.29, 0.717) is 5.41 Å². The Hall–Kier alpha value is -2.20. The Bertz CT molecular complexity index is 1050. The van der Waals surface area contributed by atoms with Crippen LogP contribution in [0.3, 0.4) is 0 Å². The summed E-state index contributed by atoms with van der Waals surface area (Å²) in [5, 5.41) is 15.5. The lowest BCUT2D eigenvalue weighted by atomic mass is 9.49. The Labute approximate surface area is 169 Å². The Morgan fingerprint density at radius 3 is 2.46 bits per heavy atom. The van der Waals surface area contributed by atoms with Crippen molar-refractivity contribution in [1.82, 2.24) is 4.98 Å². The maximum absolute atomic E-state index is 10.3.